The van der Waals surface area contributed by atoms with Crippen LogP contribution >= 0.6 is 0 Å². The molecule has 12 heteroatoms. The van der Waals surface area contributed by atoms with Gasteiger partial charge < -0.3 is 14.8 Å². The Balaban J connectivity index is 3.13. The van der Waals surface area contributed by atoms with Gasteiger partial charge in [0, 0.05) is 21.1 Å². The first-order valence-corrected chi connectivity index (χ1v) is 7.10. The minimum absolute atomic E-state index is 0.0387. The van der Waals surface area contributed by atoms with Crippen molar-refractivity contribution >= 4 is 23.5 Å². The molecule has 136 valence electrons. The Bertz CT molecular complexity index is 797. The van der Waals surface area contributed by atoms with Gasteiger partial charge in [-0.05, 0) is 34.8 Å². The van der Waals surface area contributed by atoms with Gasteiger partial charge in [-0.15, -0.1) is 0 Å². The summed E-state index contributed by atoms with van der Waals surface area (Å²) in [5.74, 6) is -2.27. The van der Waals surface area contributed by atoms with Gasteiger partial charge in [0.05, 0.1) is 27.2 Å². The van der Waals surface area contributed by atoms with Crippen LogP contribution in [0.2, 0.25) is 0 Å². The highest BCUT2D eigenvalue weighted by atomic mass is 16.5. The fourth-order valence-electron chi connectivity index (χ4n) is 1.95. The fraction of sp³-hybridized carbons (Fsp3) is 0.357. The quantitative estimate of drug-likeness (QED) is 0.322. The number of nitrogens with zero attached hydrogens (tertiary/aromatic N) is 6. The Morgan fingerprint density at radius 3 is 2.46 bits per heavy atom. The predicted octanol–water partition coefficient (Wildman–Crippen LogP) is 2.27. The second kappa shape index (κ2) is 10.2. The van der Waals surface area contributed by atoms with Crippen molar-refractivity contribution in [1.29, 1.82) is 0 Å². The predicted molar refractivity (Wildman–Crippen MR) is 88.0 cm³/mol. The van der Waals surface area contributed by atoms with E-state index in [4.69, 9.17) is 11.1 Å². The topological polar surface area (TPSA) is 179 Å². The lowest BCUT2D eigenvalue weighted by molar-refractivity contribution is -0.149. The number of hydrogen-bond acceptors (Lipinski definition) is 7. The van der Waals surface area contributed by atoms with Gasteiger partial charge in [-0.1, -0.05) is 10.2 Å². The van der Waals surface area contributed by atoms with Crippen LogP contribution < -0.4 is 5.32 Å². The molecule has 1 rings (SSSR count). The second-order valence-corrected chi connectivity index (χ2v) is 4.80. The van der Waals surface area contributed by atoms with Crippen LogP contribution in [0.1, 0.15) is 22.3 Å². The molecule has 1 aromatic rings. The molecule has 0 heterocycles. The maximum Gasteiger partial charge on any atom is 0.328 e. The Hall–Kier alpha value is -3.75. The highest BCUT2D eigenvalue weighted by molar-refractivity contribution is 5.98. The number of nitrogens with one attached hydrogen (secondary N) is 1. The molecule has 1 amide bonds. The smallest absolute Gasteiger partial charge is 0.328 e. The van der Waals surface area contributed by atoms with Gasteiger partial charge in [0.25, 0.3) is 5.91 Å². The van der Waals surface area contributed by atoms with E-state index in [0.717, 1.165) is 14.2 Å². The largest absolute Gasteiger partial charge is 0.469 e. The van der Waals surface area contributed by atoms with Gasteiger partial charge >= 0.3 is 11.9 Å². The number of benzene rings is 1. The van der Waals surface area contributed by atoms with Gasteiger partial charge in [0.15, 0.2) is 0 Å². The van der Waals surface area contributed by atoms with Crippen LogP contribution in [0.4, 0.5) is 5.69 Å². The molecular weight excluding hydrogens is 346 g/mol. The summed E-state index contributed by atoms with van der Waals surface area (Å²) < 4.78 is 9.03. The summed E-state index contributed by atoms with van der Waals surface area (Å²) in [5, 5.41) is 9.14. The first kappa shape index (κ1) is 20.3. The Labute approximate surface area is 147 Å². The lowest BCUT2D eigenvalue weighted by Crippen LogP contribution is -2.43. The number of ether oxygens (including phenoxy) is 2. The van der Waals surface area contributed by atoms with Crippen LogP contribution in [-0.4, -0.2) is 38.1 Å². The van der Waals surface area contributed by atoms with Crippen molar-refractivity contribution in [1.82, 2.24) is 5.32 Å². The molecule has 0 unspecified atom stereocenters. The number of rotatable bonds is 8. The molecule has 0 aliphatic rings. The van der Waals surface area contributed by atoms with Crippen molar-refractivity contribution in [2.45, 2.75) is 19.0 Å². The van der Waals surface area contributed by atoms with Gasteiger partial charge in [-0.3, -0.25) is 9.59 Å². The molecule has 0 aromatic heterocycles. The standard InChI is InChI=1S/C14H15N7O5/c1-25-12(22)6-11(14(24)26-2)18-13(23)9-3-8(7-17-20-15)4-10(5-9)19-21-16/h3-5,11H,6-7H2,1-2H3,(H,18,23)/t11-/m1/s1. The normalized spacial score (nSPS) is 10.5. The van der Waals surface area contributed by atoms with Gasteiger partial charge in [-0.2, -0.15) is 0 Å². The van der Waals surface area contributed by atoms with Crippen molar-refractivity contribution in [3.8, 4) is 0 Å². The van der Waals surface area contributed by atoms with Crippen molar-refractivity contribution in [2.75, 3.05) is 14.2 Å². The molecule has 1 N–H and O–H groups in total. The van der Waals surface area contributed by atoms with Crippen LogP contribution in [0.15, 0.2) is 28.4 Å². The van der Waals surface area contributed by atoms with Crippen molar-refractivity contribution in [3.63, 3.8) is 0 Å². The Kier molecular flexibility index (Phi) is 7.95. The summed E-state index contributed by atoms with van der Waals surface area (Å²) in [4.78, 5) is 40.8. The molecule has 0 fully saturated rings. The third-order valence-electron chi connectivity index (χ3n) is 3.11. The fourth-order valence-corrected chi connectivity index (χ4v) is 1.95. The van der Waals surface area contributed by atoms with Gasteiger partial charge in [0.2, 0.25) is 0 Å². The van der Waals surface area contributed by atoms with E-state index in [1.165, 1.54) is 18.2 Å². The first-order chi connectivity index (χ1) is 12.4. The summed E-state index contributed by atoms with van der Waals surface area (Å²) in [7, 11) is 2.25. The van der Waals surface area contributed by atoms with Crippen LogP contribution in [0.5, 0.6) is 0 Å². The van der Waals surface area contributed by atoms with E-state index < -0.39 is 30.3 Å². The summed E-state index contributed by atoms with van der Waals surface area (Å²) in [6, 6.07) is 2.86. The molecule has 0 saturated heterocycles. The van der Waals surface area contributed by atoms with Crippen LogP contribution in [0.25, 0.3) is 20.9 Å². The Morgan fingerprint density at radius 1 is 1.15 bits per heavy atom. The van der Waals surface area contributed by atoms with E-state index in [2.05, 4.69) is 34.8 Å². The zero-order valence-corrected chi connectivity index (χ0v) is 13.9. The van der Waals surface area contributed by atoms with Crippen LogP contribution in [0.3, 0.4) is 0 Å². The zero-order valence-electron chi connectivity index (χ0n) is 13.9. The molecule has 0 saturated carbocycles. The number of hydrogen-bond donors (Lipinski definition) is 1. The van der Waals surface area contributed by atoms with E-state index >= 15 is 0 Å². The average Bonchev–Trinajstić information content (AvgIpc) is 2.64. The average molecular weight is 361 g/mol. The monoisotopic (exact) mass is 361 g/mol. The van der Waals surface area contributed by atoms with Gasteiger partial charge in [-0.25, -0.2) is 4.79 Å². The van der Waals surface area contributed by atoms with Crippen molar-refractivity contribution in [3.05, 3.63) is 50.2 Å². The maximum absolute atomic E-state index is 12.4. The highest BCUT2D eigenvalue weighted by Crippen LogP contribution is 2.19. The number of azide groups is 2. The molecule has 0 radical (unpaired) electrons. The number of carbonyl (C=O) groups is 3. The van der Waals surface area contributed by atoms with E-state index in [1.54, 1.807) is 0 Å². The van der Waals surface area contributed by atoms with E-state index in [9.17, 15) is 14.4 Å². The lowest BCUT2D eigenvalue weighted by atomic mass is 10.1. The second-order valence-electron chi connectivity index (χ2n) is 4.80. The van der Waals surface area contributed by atoms with E-state index in [-0.39, 0.29) is 17.8 Å². The maximum atomic E-state index is 12.4. The SMILES string of the molecule is COC(=O)C[C@@H](NC(=O)c1cc(CN=[N+]=[N-])cc(N=[N+]=[N-])c1)C(=O)OC. The minimum atomic E-state index is -1.26. The van der Waals surface area contributed by atoms with Crippen LogP contribution in [0, 0.1) is 0 Å². The van der Waals surface area contributed by atoms with Crippen LogP contribution in [-0.2, 0) is 25.6 Å². The van der Waals surface area contributed by atoms with Crippen molar-refractivity contribution < 1.29 is 23.9 Å². The Morgan fingerprint density at radius 2 is 1.88 bits per heavy atom. The minimum Gasteiger partial charge on any atom is -0.469 e. The molecule has 0 aliphatic carbocycles. The molecule has 1 atom stereocenters. The molecular formula is C14H15N7O5. The molecule has 0 aliphatic heterocycles. The summed E-state index contributed by atoms with van der Waals surface area (Å²) >= 11 is 0. The summed E-state index contributed by atoms with van der Waals surface area (Å²) in [6.45, 7) is -0.0752. The number of esters is 2. The summed E-state index contributed by atoms with van der Waals surface area (Å²) in [5.41, 5.74) is 17.5. The summed E-state index contributed by atoms with van der Waals surface area (Å²) in [6.07, 6.45) is -0.420. The third kappa shape index (κ3) is 6.04. The first-order valence-electron chi connectivity index (χ1n) is 7.10. The molecule has 0 spiro atoms. The van der Waals surface area contributed by atoms with E-state index in [0.29, 0.717) is 5.56 Å². The number of amides is 1. The molecule has 0 bridgehead atoms. The highest BCUT2D eigenvalue weighted by Gasteiger charge is 2.25. The van der Waals surface area contributed by atoms with Crippen molar-refractivity contribution in [2.24, 2.45) is 10.2 Å². The zero-order chi connectivity index (χ0) is 19.5. The van der Waals surface area contributed by atoms with E-state index in [1.807, 2.05) is 0 Å². The number of methoxy groups -OCH3 is 2. The van der Waals surface area contributed by atoms with Gasteiger partial charge in [0.1, 0.15) is 6.04 Å². The molecule has 1 aromatic carbocycles. The third-order valence-corrected chi connectivity index (χ3v) is 3.11. The molecule has 26 heavy (non-hydrogen) atoms. The molecule has 12 nitrogen and oxygen atoms in total. The lowest BCUT2D eigenvalue weighted by Gasteiger charge is -2.16. The number of carbonyl (C=O) groups excluding carboxylic acids is 3.